The van der Waals surface area contributed by atoms with E-state index in [4.69, 9.17) is 16.6 Å². The Morgan fingerprint density at radius 2 is 1.12 bits per heavy atom. The minimum absolute atomic E-state index is 0.0114. The monoisotopic (exact) mass is 555 g/mol. The highest BCUT2D eigenvalue weighted by Gasteiger charge is 2.31. The molecule has 2 aromatic carbocycles. The van der Waals surface area contributed by atoms with Crippen LogP contribution in [0.4, 0.5) is 0 Å². The highest BCUT2D eigenvalue weighted by molar-refractivity contribution is 5.96. The summed E-state index contributed by atoms with van der Waals surface area (Å²) in [4.78, 5) is 73.2. The van der Waals surface area contributed by atoms with Crippen molar-refractivity contribution in [3.63, 3.8) is 0 Å². The minimum Gasteiger partial charge on any atom is -0.481 e. The molecule has 0 saturated heterocycles. The first-order valence-corrected chi connectivity index (χ1v) is 12.4. The SMILES string of the molecule is NC(=O)CC(NC(=O)C(N)CCC(=O)O)C(=O)NC(Cc1ccccc1)C(=O)NC(Cc1ccccc1)C(=O)O. The van der Waals surface area contributed by atoms with Gasteiger partial charge >= 0.3 is 11.9 Å². The Hall–Kier alpha value is -4.78. The van der Waals surface area contributed by atoms with Crippen LogP contribution in [0.5, 0.6) is 0 Å². The third-order valence-electron chi connectivity index (χ3n) is 5.86. The molecule has 0 heterocycles. The number of benzene rings is 2. The number of rotatable bonds is 16. The molecule has 0 radical (unpaired) electrons. The molecule has 40 heavy (non-hydrogen) atoms. The summed E-state index contributed by atoms with van der Waals surface area (Å²) in [5.41, 5.74) is 12.3. The van der Waals surface area contributed by atoms with E-state index in [9.17, 15) is 33.9 Å². The molecule has 0 aromatic heterocycles. The van der Waals surface area contributed by atoms with Crippen LogP contribution < -0.4 is 27.4 Å². The third kappa shape index (κ3) is 10.9. The second-order valence-corrected chi connectivity index (χ2v) is 9.11. The van der Waals surface area contributed by atoms with E-state index in [0.29, 0.717) is 11.1 Å². The summed E-state index contributed by atoms with van der Waals surface area (Å²) in [5, 5.41) is 25.7. The zero-order chi connectivity index (χ0) is 29.7. The number of carbonyl (C=O) groups is 6. The highest BCUT2D eigenvalue weighted by atomic mass is 16.4. The van der Waals surface area contributed by atoms with Gasteiger partial charge < -0.3 is 37.6 Å². The largest absolute Gasteiger partial charge is 0.481 e. The van der Waals surface area contributed by atoms with Crippen LogP contribution in [0.25, 0.3) is 0 Å². The van der Waals surface area contributed by atoms with E-state index in [1.807, 2.05) is 0 Å². The number of carboxylic acids is 2. The predicted molar refractivity (Wildman–Crippen MR) is 142 cm³/mol. The van der Waals surface area contributed by atoms with Crippen LogP contribution in [-0.4, -0.2) is 69.9 Å². The fourth-order valence-corrected chi connectivity index (χ4v) is 3.75. The lowest BCUT2D eigenvalue weighted by Gasteiger charge is -2.25. The second-order valence-electron chi connectivity index (χ2n) is 9.11. The Morgan fingerprint density at radius 1 is 0.675 bits per heavy atom. The Morgan fingerprint density at radius 3 is 1.60 bits per heavy atom. The maximum Gasteiger partial charge on any atom is 0.326 e. The normalized spacial score (nSPS) is 13.6. The first-order chi connectivity index (χ1) is 19.0. The van der Waals surface area contributed by atoms with Crippen molar-refractivity contribution in [2.45, 2.75) is 56.3 Å². The average Bonchev–Trinajstić information content (AvgIpc) is 2.91. The third-order valence-corrected chi connectivity index (χ3v) is 5.86. The quantitative estimate of drug-likeness (QED) is 0.135. The number of primary amides is 1. The van der Waals surface area contributed by atoms with E-state index < -0.39 is 72.6 Å². The molecule has 2 rings (SSSR count). The minimum atomic E-state index is -1.52. The van der Waals surface area contributed by atoms with E-state index in [2.05, 4.69) is 16.0 Å². The average molecular weight is 556 g/mol. The summed E-state index contributed by atoms with van der Waals surface area (Å²) < 4.78 is 0. The van der Waals surface area contributed by atoms with Gasteiger partial charge in [0.2, 0.25) is 23.6 Å². The fourth-order valence-electron chi connectivity index (χ4n) is 3.75. The Labute approximate surface area is 230 Å². The number of aliphatic carboxylic acids is 2. The van der Waals surface area contributed by atoms with E-state index >= 15 is 0 Å². The molecule has 4 amide bonds. The van der Waals surface area contributed by atoms with Crippen LogP contribution in [0.1, 0.15) is 30.4 Å². The lowest BCUT2D eigenvalue weighted by atomic mass is 10.0. The molecule has 9 N–H and O–H groups in total. The summed E-state index contributed by atoms with van der Waals surface area (Å²) in [6.07, 6.45) is -1.29. The van der Waals surface area contributed by atoms with Gasteiger partial charge in [0.15, 0.2) is 0 Å². The molecule has 0 bridgehead atoms. The number of hydrogen-bond donors (Lipinski definition) is 7. The molecule has 0 aliphatic carbocycles. The molecule has 4 unspecified atom stereocenters. The molecule has 2 aromatic rings. The Bertz CT molecular complexity index is 1190. The molecule has 0 aliphatic heterocycles. The van der Waals surface area contributed by atoms with Crippen molar-refractivity contribution in [3.05, 3.63) is 71.8 Å². The zero-order valence-electron chi connectivity index (χ0n) is 21.6. The fraction of sp³-hybridized carbons (Fsp3) is 0.333. The zero-order valence-corrected chi connectivity index (χ0v) is 21.6. The van der Waals surface area contributed by atoms with Crippen molar-refractivity contribution in [1.82, 2.24) is 16.0 Å². The van der Waals surface area contributed by atoms with Crippen molar-refractivity contribution < 1.29 is 39.0 Å². The van der Waals surface area contributed by atoms with Gasteiger partial charge in [0.25, 0.3) is 0 Å². The van der Waals surface area contributed by atoms with Gasteiger partial charge in [-0.3, -0.25) is 24.0 Å². The molecule has 13 nitrogen and oxygen atoms in total. The molecule has 0 fully saturated rings. The number of amides is 4. The topological polar surface area (TPSA) is 231 Å². The molecule has 4 atom stereocenters. The smallest absolute Gasteiger partial charge is 0.326 e. The molecular formula is C27H33N5O8. The lowest BCUT2D eigenvalue weighted by molar-refractivity contribution is -0.142. The first kappa shape index (κ1) is 31.4. The van der Waals surface area contributed by atoms with Gasteiger partial charge in [0, 0.05) is 19.3 Å². The van der Waals surface area contributed by atoms with Gasteiger partial charge in [-0.2, -0.15) is 0 Å². The summed E-state index contributed by atoms with van der Waals surface area (Å²) in [6, 6.07) is 11.9. The van der Waals surface area contributed by atoms with Crippen LogP contribution in [0, 0.1) is 0 Å². The van der Waals surface area contributed by atoms with Crippen molar-refractivity contribution in [1.29, 1.82) is 0 Å². The van der Waals surface area contributed by atoms with Crippen LogP contribution >= 0.6 is 0 Å². The van der Waals surface area contributed by atoms with Crippen molar-refractivity contribution in [2.75, 3.05) is 0 Å². The molecule has 214 valence electrons. The van der Waals surface area contributed by atoms with Gasteiger partial charge in [-0.15, -0.1) is 0 Å². The predicted octanol–water partition coefficient (Wildman–Crippen LogP) is -0.922. The molecule has 0 spiro atoms. The number of carboxylic acid groups (broad SMARTS) is 2. The van der Waals surface area contributed by atoms with E-state index in [1.165, 1.54) is 0 Å². The van der Waals surface area contributed by atoms with Crippen LogP contribution in [0.15, 0.2) is 60.7 Å². The second kappa shape index (κ2) is 15.6. The van der Waals surface area contributed by atoms with Crippen molar-refractivity contribution in [2.24, 2.45) is 11.5 Å². The summed E-state index contributed by atoms with van der Waals surface area (Å²) >= 11 is 0. The molecular weight excluding hydrogens is 522 g/mol. The molecule has 0 aliphatic rings. The summed E-state index contributed by atoms with van der Waals surface area (Å²) in [7, 11) is 0. The van der Waals surface area contributed by atoms with Crippen molar-refractivity contribution >= 4 is 35.6 Å². The van der Waals surface area contributed by atoms with E-state index in [1.54, 1.807) is 60.7 Å². The van der Waals surface area contributed by atoms with Crippen molar-refractivity contribution in [3.8, 4) is 0 Å². The number of nitrogens with one attached hydrogen (secondary N) is 3. The maximum atomic E-state index is 13.3. The van der Waals surface area contributed by atoms with Crippen LogP contribution in [0.3, 0.4) is 0 Å². The van der Waals surface area contributed by atoms with Gasteiger partial charge in [-0.25, -0.2) is 4.79 Å². The number of hydrogen-bond acceptors (Lipinski definition) is 7. The van der Waals surface area contributed by atoms with Gasteiger partial charge in [0.1, 0.15) is 18.1 Å². The molecule has 0 saturated carbocycles. The summed E-state index contributed by atoms with van der Waals surface area (Å²) in [6.45, 7) is 0. The maximum absolute atomic E-state index is 13.3. The Balaban J connectivity index is 2.23. The number of carbonyl (C=O) groups excluding carboxylic acids is 4. The summed E-state index contributed by atoms with van der Waals surface area (Å²) in [5.74, 6) is -6.02. The number of nitrogens with two attached hydrogens (primary N) is 2. The standard InChI is InChI=1S/C27H33N5O8/c28-18(11-12-23(34)35)24(36)30-20(15-22(29)33)26(38)31-19(13-16-7-3-1-4-8-16)25(37)32-21(27(39)40)14-17-9-5-2-6-10-17/h1-10,18-21H,11-15,28H2,(H2,29,33)(H,30,36)(H,31,38)(H,32,37)(H,34,35)(H,39,40). The van der Waals surface area contributed by atoms with E-state index in [0.717, 1.165) is 0 Å². The Kier molecular flexibility index (Phi) is 12.3. The van der Waals surface area contributed by atoms with Gasteiger partial charge in [0.05, 0.1) is 12.5 Å². The van der Waals surface area contributed by atoms with Gasteiger partial charge in [-0.05, 0) is 17.5 Å². The van der Waals surface area contributed by atoms with E-state index in [-0.39, 0.29) is 19.3 Å². The first-order valence-electron chi connectivity index (χ1n) is 12.4. The molecule has 13 heteroatoms. The van der Waals surface area contributed by atoms with Crippen LogP contribution in [0.2, 0.25) is 0 Å². The van der Waals surface area contributed by atoms with Crippen LogP contribution in [-0.2, 0) is 41.6 Å². The lowest BCUT2D eigenvalue weighted by Crippen LogP contribution is -2.58. The van der Waals surface area contributed by atoms with Gasteiger partial charge in [-0.1, -0.05) is 60.7 Å². The highest BCUT2D eigenvalue weighted by Crippen LogP contribution is 2.08.